The van der Waals surface area contributed by atoms with Crippen LogP contribution in [0.5, 0.6) is 5.75 Å². The summed E-state index contributed by atoms with van der Waals surface area (Å²) < 4.78 is 51.7. The third-order valence-electron chi connectivity index (χ3n) is 5.64. The van der Waals surface area contributed by atoms with Crippen molar-refractivity contribution in [2.24, 2.45) is 0 Å². The molecule has 4 rings (SSSR count). The van der Waals surface area contributed by atoms with Crippen molar-refractivity contribution in [2.75, 3.05) is 19.1 Å². The van der Waals surface area contributed by atoms with Crippen molar-refractivity contribution in [3.63, 3.8) is 0 Å². The number of H-pyrrole nitrogens is 1. The minimum absolute atomic E-state index is 0.0241. The van der Waals surface area contributed by atoms with Crippen LogP contribution < -0.4 is 15.3 Å². The number of ether oxygens (including phenoxy) is 2. The van der Waals surface area contributed by atoms with Crippen molar-refractivity contribution in [3.8, 4) is 11.8 Å². The van der Waals surface area contributed by atoms with E-state index in [9.17, 15) is 28.0 Å². The minimum atomic E-state index is -4.61. The molecule has 0 saturated heterocycles. The molecule has 0 radical (unpaired) electrons. The van der Waals surface area contributed by atoms with Gasteiger partial charge in [0.25, 0.3) is 0 Å². The van der Waals surface area contributed by atoms with Gasteiger partial charge in [0.1, 0.15) is 11.8 Å². The summed E-state index contributed by atoms with van der Waals surface area (Å²) in [5.74, 6) is -0.639. The smallest absolute Gasteiger partial charge is 0.416 e. The van der Waals surface area contributed by atoms with Crippen LogP contribution >= 0.6 is 0 Å². The second-order valence-corrected chi connectivity index (χ2v) is 7.54. The number of nitrogens with one attached hydrogen (secondary N) is 1. The van der Waals surface area contributed by atoms with Gasteiger partial charge in [-0.3, -0.25) is 4.90 Å². The van der Waals surface area contributed by atoms with Gasteiger partial charge in [-0.15, -0.1) is 5.10 Å². The number of aromatic nitrogens is 3. The van der Waals surface area contributed by atoms with Gasteiger partial charge in [0, 0.05) is 16.9 Å². The molecule has 1 aliphatic rings. The van der Waals surface area contributed by atoms with Crippen LogP contribution in [0, 0.1) is 11.3 Å². The van der Waals surface area contributed by atoms with Crippen LogP contribution in [0.3, 0.4) is 0 Å². The third kappa shape index (κ3) is 3.90. The molecule has 0 amide bonds. The highest BCUT2D eigenvalue weighted by atomic mass is 19.4. The van der Waals surface area contributed by atoms with Gasteiger partial charge < -0.3 is 9.47 Å². The lowest BCUT2D eigenvalue weighted by atomic mass is 9.93. The molecule has 1 aromatic heterocycles. The molecule has 0 fully saturated rings. The second kappa shape index (κ2) is 8.68. The number of carbonyl (C=O) groups is 1. The van der Waals surface area contributed by atoms with E-state index in [1.54, 1.807) is 0 Å². The normalized spacial score (nSPS) is 15.5. The van der Waals surface area contributed by atoms with Gasteiger partial charge in [0.2, 0.25) is 5.95 Å². The average molecular weight is 485 g/mol. The van der Waals surface area contributed by atoms with Crippen molar-refractivity contribution < 1.29 is 27.4 Å². The molecule has 9 nitrogen and oxygen atoms in total. The van der Waals surface area contributed by atoms with Gasteiger partial charge in [0.05, 0.1) is 37.0 Å². The zero-order valence-corrected chi connectivity index (χ0v) is 18.7. The van der Waals surface area contributed by atoms with E-state index in [1.807, 2.05) is 6.07 Å². The highest BCUT2D eigenvalue weighted by Gasteiger charge is 2.41. The van der Waals surface area contributed by atoms with Crippen molar-refractivity contribution in [1.82, 2.24) is 14.8 Å². The fourth-order valence-corrected chi connectivity index (χ4v) is 4.09. The van der Waals surface area contributed by atoms with E-state index >= 15 is 0 Å². The monoisotopic (exact) mass is 485 g/mol. The molecule has 1 atom stereocenters. The maximum atomic E-state index is 13.4. The number of nitriles is 1. The van der Waals surface area contributed by atoms with Gasteiger partial charge in [-0.2, -0.15) is 18.4 Å². The van der Waals surface area contributed by atoms with E-state index in [0.717, 1.165) is 23.8 Å². The third-order valence-corrected chi connectivity index (χ3v) is 5.64. The SMILES string of the molecule is COC(=O)C1=C(C)N(c2cccc(C(F)(F)F)c2)c2n[nH]c(=O)n2[C@@H]1c1ccc(C#N)cc1OC. The summed E-state index contributed by atoms with van der Waals surface area (Å²) in [6.07, 6.45) is -4.61. The predicted octanol–water partition coefficient (Wildman–Crippen LogP) is 3.66. The Morgan fingerprint density at radius 1 is 1.20 bits per heavy atom. The molecule has 0 unspecified atom stereocenters. The number of halogens is 3. The van der Waals surface area contributed by atoms with Crippen LogP contribution in [0.15, 0.2) is 58.5 Å². The molecule has 12 heteroatoms. The number of rotatable bonds is 4. The molecule has 180 valence electrons. The first-order chi connectivity index (χ1) is 16.6. The predicted molar refractivity (Wildman–Crippen MR) is 117 cm³/mol. The average Bonchev–Trinajstić information content (AvgIpc) is 3.22. The highest BCUT2D eigenvalue weighted by molar-refractivity contribution is 5.93. The Balaban J connectivity index is 2.03. The zero-order valence-electron chi connectivity index (χ0n) is 18.7. The Hall–Kier alpha value is -4.53. The van der Waals surface area contributed by atoms with E-state index < -0.39 is 29.4 Å². The number of carbonyl (C=O) groups excluding carboxylic acids is 1. The standard InChI is InChI=1S/C23H18F3N5O4/c1-12-18(20(32)35-3)19(16-8-7-13(11-27)9-17(16)34-2)31-21(28-29-22(31)33)30(12)15-6-4-5-14(10-15)23(24,25)26/h4-10,19H,1-3H3,(H,29,33)/t19-/m1/s1. The lowest BCUT2D eigenvalue weighted by Crippen LogP contribution is -2.37. The summed E-state index contributed by atoms with van der Waals surface area (Å²) in [7, 11) is 2.52. The first kappa shape index (κ1) is 23.6. The van der Waals surface area contributed by atoms with Crippen LogP contribution in [0.2, 0.25) is 0 Å². The van der Waals surface area contributed by atoms with Crippen molar-refractivity contribution in [1.29, 1.82) is 5.26 Å². The summed E-state index contributed by atoms with van der Waals surface area (Å²) >= 11 is 0. The molecule has 0 spiro atoms. The quantitative estimate of drug-likeness (QED) is 0.561. The maximum Gasteiger partial charge on any atom is 0.416 e. The largest absolute Gasteiger partial charge is 0.496 e. The fourth-order valence-electron chi connectivity index (χ4n) is 4.09. The first-order valence-corrected chi connectivity index (χ1v) is 10.1. The molecule has 2 aromatic carbocycles. The van der Waals surface area contributed by atoms with Crippen LogP contribution in [0.25, 0.3) is 0 Å². The molecular formula is C23H18F3N5O4. The van der Waals surface area contributed by atoms with Crippen LogP contribution in [-0.2, 0) is 15.7 Å². The number of alkyl halides is 3. The van der Waals surface area contributed by atoms with E-state index in [1.165, 1.54) is 49.3 Å². The van der Waals surface area contributed by atoms with Gasteiger partial charge >= 0.3 is 17.8 Å². The summed E-state index contributed by atoms with van der Waals surface area (Å²) in [4.78, 5) is 27.2. The number of benzene rings is 2. The molecule has 1 aliphatic heterocycles. The summed E-state index contributed by atoms with van der Waals surface area (Å²) in [6.45, 7) is 1.51. The maximum absolute atomic E-state index is 13.4. The molecule has 35 heavy (non-hydrogen) atoms. The van der Waals surface area contributed by atoms with E-state index in [2.05, 4.69) is 10.2 Å². The van der Waals surface area contributed by atoms with Gasteiger partial charge in [-0.05, 0) is 37.3 Å². The number of nitrogens with zero attached hydrogens (tertiary/aromatic N) is 4. The Morgan fingerprint density at radius 3 is 2.57 bits per heavy atom. The van der Waals surface area contributed by atoms with Gasteiger partial charge in [0.15, 0.2) is 0 Å². The topological polar surface area (TPSA) is 113 Å². The van der Waals surface area contributed by atoms with Crippen LogP contribution in [-0.4, -0.2) is 35.0 Å². The Morgan fingerprint density at radius 2 is 1.94 bits per heavy atom. The van der Waals surface area contributed by atoms with Gasteiger partial charge in [-0.25, -0.2) is 19.3 Å². The van der Waals surface area contributed by atoms with Crippen LogP contribution in [0.1, 0.15) is 29.7 Å². The van der Waals surface area contributed by atoms with E-state index in [4.69, 9.17) is 9.47 Å². The molecule has 3 aromatic rings. The highest BCUT2D eigenvalue weighted by Crippen LogP contribution is 2.44. The molecule has 2 heterocycles. The summed E-state index contributed by atoms with van der Waals surface area (Å²) in [5, 5.41) is 15.6. The number of allylic oxidation sites excluding steroid dienone is 1. The minimum Gasteiger partial charge on any atom is -0.496 e. The lowest BCUT2D eigenvalue weighted by Gasteiger charge is -2.35. The number of hydrogen-bond donors (Lipinski definition) is 1. The molecule has 1 N–H and O–H groups in total. The van der Waals surface area contributed by atoms with Gasteiger partial charge in [-0.1, -0.05) is 12.1 Å². The number of aromatic amines is 1. The zero-order chi connectivity index (χ0) is 25.5. The fraction of sp³-hybridized carbons (Fsp3) is 0.217. The molecule has 0 bridgehead atoms. The molecule has 0 aliphatic carbocycles. The number of hydrogen-bond acceptors (Lipinski definition) is 7. The van der Waals surface area contributed by atoms with Crippen molar-refractivity contribution >= 4 is 17.6 Å². The Labute approximate surface area is 196 Å². The molecule has 0 saturated carbocycles. The van der Waals surface area contributed by atoms with Crippen molar-refractivity contribution in [2.45, 2.75) is 19.1 Å². The number of esters is 1. The number of fused-ring (bicyclic) bond motifs is 1. The number of anilines is 2. The molecular weight excluding hydrogens is 467 g/mol. The Kier molecular flexibility index (Phi) is 5.86. The van der Waals surface area contributed by atoms with Crippen LogP contribution in [0.4, 0.5) is 24.8 Å². The summed E-state index contributed by atoms with van der Waals surface area (Å²) in [6, 6.07) is 9.78. The Bertz CT molecular complexity index is 1450. The number of methoxy groups -OCH3 is 2. The second-order valence-electron chi connectivity index (χ2n) is 7.54. The van der Waals surface area contributed by atoms with Crippen molar-refractivity contribution in [3.05, 3.63) is 80.9 Å². The summed E-state index contributed by atoms with van der Waals surface area (Å²) in [5.41, 5.74) is -0.802. The van der Waals surface area contributed by atoms with E-state index in [-0.39, 0.29) is 34.2 Å². The lowest BCUT2D eigenvalue weighted by molar-refractivity contribution is -0.138. The van der Waals surface area contributed by atoms with E-state index in [0.29, 0.717) is 5.56 Å². The first-order valence-electron chi connectivity index (χ1n) is 10.1.